The maximum absolute atomic E-state index is 12.1. The minimum Gasteiger partial charge on any atom is -0.464 e. The van der Waals surface area contributed by atoms with E-state index in [1.807, 2.05) is 13.8 Å². The largest absolute Gasteiger partial charge is 0.464 e. The summed E-state index contributed by atoms with van der Waals surface area (Å²) in [5.41, 5.74) is -0.939. The molecule has 6 heteroatoms. The van der Waals surface area contributed by atoms with E-state index >= 15 is 0 Å². The normalized spacial score (nSPS) is 12.7. The van der Waals surface area contributed by atoms with Crippen LogP contribution in [0, 0.1) is 17.8 Å². The number of carbonyl (C=O) groups is 1. The predicted octanol–water partition coefficient (Wildman–Crippen LogP) is 1.40. The first-order valence-corrected chi connectivity index (χ1v) is 7.27. The third-order valence-corrected chi connectivity index (χ3v) is 3.31. The van der Waals surface area contributed by atoms with Gasteiger partial charge in [0.25, 0.3) is 5.56 Å². The molecule has 1 aromatic rings. The summed E-state index contributed by atoms with van der Waals surface area (Å²) >= 11 is 0. The Labute approximate surface area is 124 Å². The van der Waals surface area contributed by atoms with Crippen molar-refractivity contribution in [3.8, 4) is 0 Å². The van der Waals surface area contributed by atoms with E-state index in [4.69, 9.17) is 4.74 Å². The van der Waals surface area contributed by atoms with Crippen molar-refractivity contribution in [1.29, 1.82) is 0 Å². The maximum Gasteiger partial charge on any atom is 0.328 e. The molecule has 0 aliphatic carbocycles. The summed E-state index contributed by atoms with van der Waals surface area (Å²) in [7, 11) is 0. The molecule has 0 aliphatic heterocycles. The van der Waals surface area contributed by atoms with Gasteiger partial charge in [0.1, 0.15) is 6.61 Å². The average Bonchev–Trinajstić information content (AvgIpc) is 2.37. The third-order valence-electron chi connectivity index (χ3n) is 3.31. The van der Waals surface area contributed by atoms with Gasteiger partial charge in [0, 0.05) is 12.3 Å². The molecule has 0 saturated heterocycles. The molecular formula is C15H24N2O4. The maximum atomic E-state index is 12.1. The number of hydrogen-bond acceptors (Lipinski definition) is 4. The zero-order valence-corrected chi connectivity index (χ0v) is 13.1. The Morgan fingerprint density at radius 2 is 1.95 bits per heavy atom. The summed E-state index contributed by atoms with van der Waals surface area (Å²) in [6.07, 6.45) is 2.18. The van der Waals surface area contributed by atoms with Gasteiger partial charge >= 0.3 is 11.7 Å². The highest BCUT2D eigenvalue weighted by Crippen LogP contribution is 2.21. The number of nitrogens with zero attached hydrogens (tertiary/aromatic N) is 1. The van der Waals surface area contributed by atoms with Crippen molar-refractivity contribution < 1.29 is 9.53 Å². The Morgan fingerprint density at radius 1 is 1.29 bits per heavy atom. The first kappa shape index (κ1) is 17.2. The van der Waals surface area contributed by atoms with Crippen LogP contribution in [0.15, 0.2) is 21.9 Å². The number of hydrogen-bond donors (Lipinski definition) is 1. The second kappa shape index (κ2) is 7.81. The molecule has 6 nitrogen and oxygen atoms in total. The van der Waals surface area contributed by atoms with Crippen LogP contribution in [0.5, 0.6) is 0 Å². The number of carbonyl (C=O) groups excluding carboxylic acids is 1. The minimum absolute atomic E-state index is 0.117. The average molecular weight is 296 g/mol. The SMILES string of the molecule is CC(C)CC(C(=O)OCCn1ccc(=O)[nH]c1=O)C(C)C. The van der Waals surface area contributed by atoms with Crippen molar-refractivity contribution >= 4 is 5.97 Å². The number of rotatable bonds is 7. The summed E-state index contributed by atoms with van der Waals surface area (Å²) in [5, 5.41) is 0. The van der Waals surface area contributed by atoms with Gasteiger partial charge in [-0.25, -0.2) is 4.79 Å². The van der Waals surface area contributed by atoms with Crippen molar-refractivity contribution in [2.75, 3.05) is 6.61 Å². The molecule has 0 fully saturated rings. The molecule has 0 aromatic carbocycles. The van der Waals surface area contributed by atoms with Crippen LogP contribution in [0.3, 0.4) is 0 Å². The van der Waals surface area contributed by atoms with Gasteiger partial charge < -0.3 is 4.74 Å². The molecule has 1 aromatic heterocycles. The molecule has 0 amide bonds. The molecule has 1 N–H and O–H groups in total. The molecule has 21 heavy (non-hydrogen) atoms. The Hall–Kier alpha value is -1.85. The van der Waals surface area contributed by atoms with Crippen molar-refractivity contribution in [3.63, 3.8) is 0 Å². The number of nitrogens with one attached hydrogen (secondary N) is 1. The van der Waals surface area contributed by atoms with Crippen LogP contribution >= 0.6 is 0 Å². The number of esters is 1. The van der Waals surface area contributed by atoms with E-state index in [0.717, 1.165) is 6.42 Å². The molecule has 0 radical (unpaired) electrons. The van der Waals surface area contributed by atoms with Gasteiger partial charge in [0.05, 0.1) is 12.5 Å². The number of ether oxygens (including phenoxy) is 1. The molecule has 1 rings (SSSR count). The van der Waals surface area contributed by atoms with Crippen LogP contribution in [0.2, 0.25) is 0 Å². The quantitative estimate of drug-likeness (QED) is 0.771. The lowest BCUT2D eigenvalue weighted by molar-refractivity contribution is -0.151. The molecule has 0 saturated carbocycles. The van der Waals surface area contributed by atoms with Gasteiger partial charge in [-0.3, -0.25) is 19.1 Å². The van der Waals surface area contributed by atoms with Crippen LogP contribution in [-0.4, -0.2) is 22.1 Å². The fraction of sp³-hybridized carbons (Fsp3) is 0.667. The van der Waals surface area contributed by atoms with Crippen LogP contribution in [0.4, 0.5) is 0 Å². The van der Waals surface area contributed by atoms with Crippen molar-refractivity contribution in [2.45, 2.75) is 40.7 Å². The van der Waals surface area contributed by atoms with Crippen molar-refractivity contribution in [1.82, 2.24) is 9.55 Å². The van der Waals surface area contributed by atoms with E-state index < -0.39 is 11.2 Å². The highest BCUT2D eigenvalue weighted by Gasteiger charge is 2.24. The zero-order chi connectivity index (χ0) is 16.0. The van der Waals surface area contributed by atoms with Gasteiger partial charge in [-0.2, -0.15) is 0 Å². The Morgan fingerprint density at radius 3 is 2.48 bits per heavy atom. The molecule has 1 unspecified atom stereocenters. The van der Waals surface area contributed by atoms with Crippen LogP contribution < -0.4 is 11.2 Å². The van der Waals surface area contributed by atoms with Gasteiger partial charge in [-0.05, 0) is 18.3 Å². The predicted molar refractivity (Wildman–Crippen MR) is 80.1 cm³/mol. The fourth-order valence-electron chi connectivity index (χ4n) is 2.12. The lowest BCUT2D eigenvalue weighted by Gasteiger charge is -2.21. The van der Waals surface area contributed by atoms with Crippen LogP contribution in [0.1, 0.15) is 34.1 Å². The second-order valence-corrected chi connectivity index (χ2v) is 5.95. The lowest BCUT2D eigenvalue weighted by Crippen LogP contribution is -2.31. The highest BCUT2D eigenvalue weighted by atomic mass is 16.5. The second-order valence-electron chi connectivity index (χ2n) is 5.95. The molecule has 1 heterocycles. The molecule has 0 spiro atoms. The zero-order valence-electron chi connectivity index (χ0n) is 13.1. The first-order chi connectivity index (χ1) is 9.81. The molecule has 1 atom stereocenters. The van der Waals surface area contributed by atoms with E-state index in [0.29, 0.717) is 5.92 Å². The van der Waals surface area contributed by atoms with Crippen LogP contribution in [-0.2, 0) is 16.1 Å². The van der Waals surface area contributed by atoms with Crippen molar-refractivity contribution in [2.24, 2.45) is 17.8 Å². The van der Waals surface area contributed by atoms with Crippen LogP contribution in [0.25, 0.3) is 0 Å². The van der Waals surface area contributed by atoms with E-state index in [9.17, 15) is 14.4 Å². The van der Waals surface area contributed by atoms with Gasteiger partial charge in [0.2, 0.25) is 0 Å². The fourth-order valence-corrected chi connectivity index (χ4v) is 2.12. The lowest BCUT2D eigenvalue weighted by atomic mass is 9.88. The topological polar surface area (TPSA) is 81.2 Å². The highest BCUT2D eigenvalue weighted by molar-refractivity contribution is 5.72. The summed E-state index contributed by atoms with van der Waals surface area (Å²) in [5.74, 6) is 0.288. The van der Waals surface area contributed by atoms with Crippen molar-refractivity contribution in [3.05, 3.63) is 33.1 Å². The summed E-state index contributed by atoms with van der Waals surface area (Å²) < 4.78 is 6.57. The van der Waals surface area contributed by atoms with E-state index in [1.54, 1.807) is 0 Å². The van der Waals surface area contributed by atoms with E-state index in [-0.39, 0.29) is 31.0 Å². The Kier molecular flexibility index (Phi) is 6.39. The molecular weight excluding hydrogens is 272 g/mol. The van der Waals surface area contributed by atoms with Gasteiger partial charge in [0.15, 0.2) is 0 Å². The Balaban J connectivity index is 2.55. The monoisotopic (exact) mass is 296 g/mol. The first-order valence-electron chi connectivity index (χ1n) is 7.27. The molecule has 118 valence electrons. The number of aromatic nitrogens is 2. The van der Waals surface area contributed by atoms with E-state index in [2.05, 4.69) is 18.8 Å². The standard InChI is InChI=1S/C15H24N2O4/c1-10(2)9-12(11(3)4)14(19)21-8-7-17-6-5-13(18)16-15(17)20/h5-6,10-12H,7-9H2,1-4H3,(H,16,18,20). The Bertz CT molecular complexity index is 572. The van der Waals surface area contributed by atoms with E-state index in [1.165, 1.54) is 16.8 Å². The minimum atomic E-state index is -0.499. The summed E-state index contributed by atoms with van der Waals surface area (Å²) in [6, 6.07) is 1.26. The smallest absolute Gasteiger partial charge is 0.328 e. The number of H-pyrrole nitrogens is 1. The van der Waals surface area contributed by atoms with Gasteiger partial charge in [-0.15, -0.1) is 0 Å². The molecule has 0 aliphatic rings. The number of aromatic amines is 1. The summed E-state index contributed by atoms with van der Waals surface area (Å²) in [4.78, 5) is 36.6. The third kappa shape index (κ3) is 5.57. The molecule has 0 bridgehead atoms. The summed E-state index contributed by atoms with van der Waals surface area (Å²) in [6.45, 7) is 8.49. The van der Waals surface area contributed by atoms with Gasteiger partial charge in [-0.1, -0.05) is 27.7 Å².